The summed E-state index contributed by atoms with van der Waals surface area (Å²) in [4.78, 5) is 24.5. The van der Waals surface area contributed by atoms with Gasteiger partial charge in [0.2, 0.25) is 0 Å². The molecule has 0 aliphatic carbocycles. The lowest BCUT2D eigenvalue weighted by Crippen LogP contribution is -2.51. The zero-order valence-electron chi connectivity index (χ0n) is 11.2. The van der Waals surface area contributed by atoms with Crippen LogP contribution in [0.25, 0.3) is 0 Å². The maximum atomic E-state index is 12.2. The number of ether oxygens (including phenoxy) is 1. The molecule has 0 spiro atoms. The Kier molecular flexibility index (Phi) is 3.42. The van der Waals surface area contributed by atoms with E-state index in [0.29, 0.717) is 0 Å². The number of aliphatic imine (C=N–C) groups is 3. The van der Waals surface area contributed by atoms with Gasteiger partial charge >= 0.3 is 17.4 Å². The minimum atomic E-state index is -2.01. The molecule has 2 N–H and O–H groups in total. The summed E-state index contributed by atoms with van der Waals surface area (Å²) in [5.74, 6) is -0.00822. The van der Waals surface area contributed by atoms with E-state index in [0.717, 1.165) is 11.2 Å². The number of fused-ring (bicyclic) bond motifs is 2. The molecule has 4 aliphatic heterocycles. The van der Waals surface area contributed by atoms with Crippen LogP contribution in [0.3, 0.4) is 0 Å². The highest BCUT2D eigenvalue weighted by Gasteiger charge is 2.59. The Morgan fingerprint density at radius 2 is 2.17 bits per heavy atom. The predicted molar refractivity (Wildman–Crippen MR) is 78.2 cm³/mol. The van der Waals surface area contributed by atoms with Gasteiger partial charge in [-0.05, 0) is 0 Å². The first kappa shape index (κ1) is 15.3. The van der Waals surface area contributed by atoms with E-state index in [4.69, 9.17) is 13.1 Å². The molecule has 4 rings (SSSR count). The van der Waals surface area contributed by atoms with Crippen molar-refractivity contribution in [3.8, 4) is 0 Å². The molecule has 11 nitrogen and oxygen atoms in total. The van der Waals surface area contributed by atoms with Crippen molar-refractivity contribution in [2.75, 3.05) is 6.61 Å². The summed E-state index contributed by atoms with van der Waals surface area (Å²) in [6.07, 6.45) is -2.59. The lowest BCUT2D eigenvalue weighted by molar-refractivity contribution is -0.0574. The fourth-order valence-electron chi connectivity index (χ4n) is 2.69. The van der Waals surface area contributed by atoms with Crippen LogP contribution in [-0.4, -0.2) is 79.4 Å². The van der Waals surface area contributed by atoms with E-state index in [1.807, 2.05) is 0 Å². The minimum absolute atomic E-state index is 0.00822. The van der Waals surface area contributed by atoms with E-state index in [2.05, 4.69) is 27.6 Å². The van der Waals surface area contributed by atoms with Crippen LogP contribution in [0.5, 0.6) is 0 Å². The number of urea groups is 1. The molecule has 2 unspecified atom stereocenters. The van der Waals surface area contributed by atoms with Crippen molar-refractivity contribution in [1.82, 2.24) is 4.90 Å². The van der Waals surface area contributed by atoms with Gasteiger partial charge in [-0.2, -0.15) is 9.20 Å². The van der Waals surface area contributed by atoms with Crippen molar-refractivity contribution in [2.24, 2.45) is 15.0 Å². The molecule has 0 aromatic carbocycles. The number of amidine groups is 1. The number of hydrogen-bond donors (Lipinski definition) is 3. The fourth-order valence-corrected chi connectivity index (χ4v) is 3.74. The van der Waals surface area contributed by atoms with Crippen LogP contribution in [-0.2, 0) is 24.5 Å². The highest BCUT2D eigenvalue weighted by Crippen LogP contribution is 2.37. The second-order valence-electron chi connectivity index (χ2n) is 5.02. The van der Waals surface area contributed by atoms with Crippen LogP contribution in [0.2, 0.25) is 0 Å². The topological polar surface area (TPSA) is 143 Å². The number of nitrogens with zero attached hydrogens (tertiary/aromatic N) is 4. The van der Waals surface area contributed by atoms with Gasteiger partial charge in [0.15, 0.2) is 23.9 Å². The van der Waals surface area contributed by atoms with E-state index >= 15 is 0 Å². The van der Waals surface area contributed by atoms with Gasteiger partial charge in [-0.3, -0.25) is 8.37 Å². The third kappa shape index (κ3) is 2.20. The molecule has 0 aromatic rings. The SMILES string of the molecule is O=C1N=C2C(=NC=NC2(O)S)N1[C@@H]1O[C@H](CO)[C@H]2OS(=O)O[C@H]21. The molecule has 4 aliphatic rings. The Bertz CT molecular complexity index is 693. The number of aliphatic hydroxyl groups is 2. The molecule has 2 fully saturated rings. The molecule has 124 valence electrons. The summed E-state index contributed by atoms with van der Waals surface area (Å²) in [6, 6.07) is -0.777. The monoisotopic (exact) mass is 362 g/mol. The van der Waals surface area contributed by atoms with Crippen molar-refractivity contribution in [1.29, 1.82) is 0 Å². The quantitative estimate of drug-likeness (QED) is 0.379. The van der Waals surface area contributed by atoms with Crippen LogP contribution in [0.1, 0.15) is 0 Å². The van der Waals surface area contributed by atoms with Gasteiger partial charge in [-0.15, -0.1) is 12.6 Å². The van der Waals surface area contributed by atoms with Crippen molar-refractivity contribution in [3.63, 3.8) is 0 Å². The maximum Gasteiger partial charge on any atom is 0.352 e. The largest absolute Gasteiger partial charge is 0.394 e. The average molecular weight is 362 g/mol. The van der Waals surface area contributed by atoms with Gasteiger partial charge in [0.05, 0.1) is 6.61 Å². The Hall–Kier alpha value is -1.22. The van der Waals surface area contributed by atoms with Gasteiger partial charge in [0, 0.05) is 0 Å². The van der Waals surface area contributed by atoms with Crippen molar-refractivity contribution < 1.29 is 32.3 Å². The van der Waals surface area contributed by atoms with Gasteiger partial charge in [0.1, 0.15) is 18.5 Å². The molecule has 0 aromatic heterocycles. The number of amides is 2. The molecule has 0 radical (unpaired) electrons. The fraction of sp³-hybridized carbons (Fsp3) is 0.600. The first-order valence-corrected chi connectivity index (χ1v) is 7.88. The van der Waals surface area contributed by atoms with Crippen molar-refractivity contribution >= 4 is 47.9 Å². The highest BCUT2D eigenvalue weighted by atomic mass is 32.2. The smallest absolute Gasteiger partial charge is 0.352 e. The number of aliphatic hydroxyl groups excluding tert-OH is 1. The summed E-state index contributed by atoms with van der Waals surface area (Å²) >= 11 is 1.92. The number of rotatable bonds is 2. The summed E-state index contributed by atoms with van der Waals surface area (Å²) < 4.78 is 27.2. The third-order valence-corrected chi connectivity index (χ3v) is 4.77. The molecular weight excluding hydrogens is 352 g/mol. The predicted octanol–water partition coefficient (Wildman–Crippen LogP) is -2.04. The normalized spacial score (nSPS) is 45.1. The van der Waals surface area contributed by atoms with E-state index in [1.165, 1.54) is 0 Å². The summed E-state index contributed by atoms with van der Waals surface area (Å²) in [5, 5.41) is 17.4. The van der Waals surface area contributed by atoms with Gasteiger partial charge in [0.25, 0.3) is 5.06 Å². The van der Waals surface area contributed by atoms with Gasteiger partial charge in [-0.1, -0.05) is 0 Å². The second-order valence-corrected chi connectivity index (χ2v) is 6.44. The molecule has 6 atom stereocenters. The van der Waals surface area contributed by atoms with E-state index in [-0.39, 0.29) is 11.5 Å². The number of hydrogen-bond acceptors (Lipinski definition) is 10. The zero-order valence-corrected chi connectivity index (χ0v) is 12.9. The molecular formula is C10H10N4O7S2. The molecule has 0 saturated carbocycles. The number of carbonyl (C=O) groups excluding carboxylic acids is 1. The number of carbonyl (C=O) groups is 1. The Balaban J connectivity index is 1.69. The van der Waals surface area contributed by atoms with Gasteiger partial charge < -0.3 is 14.9 Å². The van der Waals surface area contributed by atoms with Crippen LogP contribution >= 0.6 is 12.6 Å². The molecule has 23 heavy (non-hydrogen) atoms. The Labute approximate surface area is 136 Å². The van der Waals surface area contributed by atoms with Crippen LogP contribution in [0.15, 0.2) is 15.0 Å². The van der Waals surface area contributed by atoms with Gasteiger partial charge in [-0.25, -0.2) is 19.7 Å². The highest BCUT2D eigenvalue weighted by molar-refractivity contribution is 7.82. The second kappa shape index (κ2) is 5.14. The average Bonchev–Trinajstić information content (AvgIpc) is 3.10. The van der Waals surface area contributed by atoms with Crippen molar-refractivity contribution in [3.05, 3.63) is 0 Å². The lowest BCUT2D eigenvalue weighted by atomic mass is 10.1. The molecule has 2 saturated heterocycles. The third-order valence-electron chi connectivity index (χ3n) is 3.69. The van der Waals surface area contributed by atoms with Crippen molar-refractivity contribution in [2.45, 2.75) is 29.6 Å². The molecule has 0 bridgehead atoms. The first-order chi connectivity index (χ1) is 10.9. The van der Waals surface area contributed by atoms with Crippen LogP contribution in [0, 0.1) is 0 Å². The molecule has 4 heterocycles. The first-order valence-electron chi connectivity index (χ1n) is 6.43. The van der Waals surface area contributed by atoms with E-state index < -0.39 is 53.6 Å². The minimum Gasteiger partial charge on any atom is -0.394 e. The van der Waals surface area contributed by atoms with Crippen LogP contribution < -0.4 is 0 Å². The maximum absolute atomic E-state index is 12.2. The summed E-state index contributed by atoms with van der Waals surface area (Å²) in [7, 11) is 0. The zero-order chi connectivity index (χ0) is 16.4. The summed E-state index contributed by atoms with van der Waals surface area (Å²) in [5.41, 5.74) is -0.152. The lowest BCUT2D eigenvalue weighted by Gasteiger charge is -2.28. The summed E-state index contributed by atoms with van der Waals surface area (Å²) in [6.45, 7) is -0.418. The standard InChI is InChI=1S/C10H10N4O7S2/c15-1-3-4-5(21-23(18)20-4)8(19-3)14-7-6(13-9(14)16)10(17,22)12-2-11-7/h2-5,8,15,17,22H,1H2/t3-,4-,5-,8-,10?,23?/m1/s1. The Morgan fingerprint density at radius 1 is 1.43 bits per heavy atom. The molecule has 2 amide bonds. The number of thiol groups is 1. The van der Waals surface area contributed by atoms with E-state index in [9.17, 15) is 19.2 Å². The van der Waals surface area contributed by atoms with E-state index in [1.54, 1.807) is 0 Å². The van der Waals surface area contributed by atoms with Crippen LogP contribution in [0.4, 0.5) is 4.79 Å². The Morgan fingerprint density at radius 3 is 2.91 bits per heavy atom. The molecule has 13 heteroatoms.